The van der Waals surface area contributed by atoms with Gasteiger partial charge < -0.3 is 15.7 Å². The van der Waals surface area contributed by atoms with E-state index >= 15 is 4.39 Å². The highest BCUT2D eigenvalue weighted by Crippen LogP contribution is 2.50. The van der Waals surface area contributed by atoms with Crippen molar-refractivity contribution in [2.45, 2.75) is 120 Å². The second-order valence-corrected chi connectivity index (χ2v) is 12.7. The molecule has 3 N–H and O–H groups in total. The lowest BCUT2D eigenvalue weighted by Crippen LogP contribution is -2.46. The van der Waals surface area contributed by atoms with Crippen LogP contribution in [-0.4, -0.2) is 24.1 Å². The molecule has 1 unspecified atom stereocenters. The summed E-state index contributed by atoms with van der Waals surface area (Å²) in [7, 11) is 0. The van der Waals surface area contributed by atoms with Gasteiger partial charge in [0.15, 0.2) is 0 Å². The second-order valence-electron chi connectivity index (χ2n) is 12.7. The first-order valence-corrected chi connectivity index (χ1v) is 19.1. The highest BCUT2D eigenvalue weighted by Gasteiger charge is 2.50. The van der Waals surface area contributed by atoms with Crippen LogP contribution in [-0.2, 0) is 17.6 Å². The molecule has 272 valence electrons. The summed E-state index contributed by atoms with van der Waals surface area (Å²) in [5.41, 5.74) is 4.07. The topological polar surface area (TPSA) is 85.2 Å². The number of piperidine rings is 1. The third-order valence-corrected chi connectivity index (χ3v) is 9.90. The highest BCUT2D eigenvalue weighted by atomic mass is 19.1. The van der Waals surface area contributed by atoms with Crippen molar-refractivity contribution < 1.29 is 14.3 Å². The van der Waals surface area contributed by atoms with E-state index in [2.05, 4.69) is 44.1 Å². The number of hydrogen-bond donors (Lipinski definition) is 3. The second kappa shape index (κ2) is 20.7. The van der Waals surface area contributed by atoms with Gasteiger partial charge in [0.2, 0.25) is 5.91 Å². The number of phenolic OH excluding ortho intramolecular Hbond substituents is 1. The first-order valence-electron chi connectivity index (χ1n) is 19.1. The van der Waals surface area contributed by atoms with Crippen molar-refractivity contribution in [3.8, 4) is 22.9 Å². The molecule has 1 saturated heterocycles. The number of benzene rings is 3. The number of hydrogen-bond acceptors (Lipinski definition) is 4. The average Bonchev–Trinajstić information content (AvgIpc) is 3.42. The van der Waals surface area contributed by atoms with E-state index in [-0.39, 0.29) is 18.1 Å². The lowest BCUT2D eigenvalue weighted by Gasteiger charge is -2.35. The predicted octanol–water partition coefficient (Wildman–Crippen LogP) is 11.4. The summed E-state index contributed by atoms with van der Waals surface area (Å²) in [5, 5.41) is 28.5. The molecule has 50 heavy (non-hydrogen) atoms. The van der Waals surface area contributed by atoms with Gasteiger partial charge in [-0.15, -0.1) is 0 Å². The molecule has 3 aromatic rings. The van der Waals surface area contributed by atoms with E-state index < -0.39 is 11.2 Å². The molecule has 2 heterocycles. The van der Waals surface area contributed by atoms with Crippen LogP contribution < -0.4 is 10.6 Å². The number of nitrogens with one attached hydrogen (secondary N) is 2. The Balaban J connectivity index is 0.000000695. The minimum atomic E-state index is -0.830. The zero-order valence-electron chi connectivity index (χ0n) is 32.3. The Kier molecular flexibility index (Phi) is 17.4. The van der Waals surface area contributed by atoms with Crippen molar-refractivity contribution in [1.29, 1.82) is 5.26 Å². The van der Waals surface area contributed by atoms with Gasteiger partial charge in [-0.05, 0) is 94.9 Å². The van der Waals surface area contributed by atoms with E-state index in [4.69, 9.17) is 0 Å². The van der Waals surface area contributed by atoms with Crippen molar-refractivity contribution in [3.63, 3.8) is 0 Å². The Morgan fingerprint density at radius 2 is 1.68 bits per heavy atom. The van der Waals surface area contributed by atoms with Crippen molar-refractivity contribution >= 4 is 22.3 Å². The van der Waals surface area contributed by atoms with Gasteiger partial charge in [-0.2, -0.15) is 5.26 Å². The van der Waals surface area contributed by atoms with Crippen LogP contribution in [0.5, 0.6) is 5.75 Å². The normalized spacial score (nSPS) is 16.5. The van der Waals surface area contributed by atoms with Crippen LogP contribution in [0, 0.1) is 28.5 Å². The molecule has 0 saturated carbocycles. The molecule has 1 fully saturated rings. The number of halogens is 1. The fourth-order valence-corrected chi connectivity index (χ4v) is 7.14. The van der Waals surface area contributed by atoms with E-state index in [1.165, 1.54) is 19.3 Å². The number of amides is 1. The van der Waals surface area contributed by atoms with Gasteiger partial charge in [0.1, 0.15) is 11.6 Å². The van der Waals surface area contributed by atoms with Crippen molar-refractivity contribution in [2.75, 3.05) is 13.1 Å². The van der Waals surface area contributed by atoms with Crippen LogP contribution >= 0.6 is 0 Å². The van der Waals surface area contributed by atoms with E-state index in [9.17, 15) is 15.2 Å². The maximum absolute atomic E-state index is 17.0. The number of phenols is 1. The molecule has 5 rings (SSSR count). The minimum absolute atomic E-state index is 0.0143. The van der Waals surface area contributed by atoms with Crippen molar-refractivity contribution in [3.05, 3.63) is 82.8 Å². The largest absolute Gasteiger partial charge is 0.508 e. The molecular weight excluding hydrogens is 622 g/mol. The molecule has 1 atom stereocenters. The molecule has 0 bridgehead atoms. The van der Waals surface area contributed by atoms with E-state index in [1.807, 2.05) is 71.9 Å². The first-order chi connectivity index (χ1) is 24.2. The first kappa shape index (κ1) is 42.2. The lowest BCUT2D eigenvalue weighted by molar-refractivity contribution is -0.126. The Labute approximate surface area is 302 Å². The van der Waals surface area contributed by atoms with E-state index in [0.29, 0.717) is 65.7 Å². The summed E-state index contributed by atoms with van der Waals surface area (Å²) >= 11 is 0. The molecule has 0 aromatic heterocycles. The van der Waals surface area contributed by atoms with Gasteiger partial charge in [0.25, 0.3) is 0 Å². The fourth-order valence-electron chi connectivity index (χ4n) is 7.14. The van der Waals surface area contributed by atoms with Crippen molar-refractivity contribution in [2.24, 2.45) is 11.3 Å². The number of carbonyl (C=O) groups is 1. The fraction of sp³-hybridized carbons (Fsp3) is 0.500. The van der Waals surface area contributed by atoms with Crippen LogP contribution in [0.3, 0.4) is 0 Å². The van der Waals surface area contributed by atoms with Crippen LogP contribution in [0.1, 0.15) is 124 Å². The monoisotopic (exact) mass is 683 g/mol. The molecule has 6 heteroatoms. The maximum atomic E-state index is 17.0. The van der Waals surface area contributed by atoms with Crippen LogP contribution in [0.2, 0.25) is 0 Å². The van der Waals surface area contributed by atoms with Gasteiger partial charge in [0.05, 0.1) is 17.9 Å². The molecule has 0 aliphatic carbocycles. The third-order valence-electron chi connectivity index (χ3n) is 9.90. The summed E-state index contributed by atoms with van der Waals surface area (Å²) in [6.45, 7) is 24.3. The molecular formula is C44H62FN3O2. The van der Waals surface area contributed by atoms with Crippen molar-refractivity contribution in [1.82, 2.24) is 10.6 Å². The molecule has 1 amide bonds. The molecule has 5 nitrogen and oxygen atoms in total. The van der Waals surface area contributed by atoms with Crippen LogP contribution in [0.15, 0.2) is 60.3 Å². The molecule has 2 aliphatic rings. The zero-order chi connectivity index (χ0) is 37.4. The van der Waals surface area contributed by atoms with Crippen LogP contribution in [0.25, 0.3) is 27.5 Å². The van der Waals surface area contributed by atoms with E-state index in [1.54, 1.807) is 12.1 Å². The van der Waals surface area contributed by atoms with Gasteiger partial charge in [-0.25, -0.2) is 4.39 Å². The number of rotatable bonds is 10. The quantitative estimate of drug-likeness (QED) is 0.199. The van der Waals surface area contributed by atoms with Gasteiger partial charge in [0, 0.05) is 23.4 Å². The average molecular weight is 684 g/mol. The summed E-state index contributed by atoms with van der Waals surface area (Å²) < 4.78 is 17.0. The highest BCUT2D eigenvalue weighted by molar-refractivity contribution is 6.06. The smallest absolute Gasteiger partial charge is 0.236 e. The zero-order valence-corrected chi connectivity index (χ0v) is 32.3. The molecule has 1 spiro atoms. The molecule has 0 radical (unpaired) electrons. The molecule has 2 aliphatic heterocycles. The van der Waals surface area contributed by atoms with Gasteiger partial charge >= 0.3 is 0 Å². The maximum Gasteiger partial charge on any atom is 0.236 e. The predicted molar refractivity (Wildman–Crippen MR) is 210 cm³/mol. The van der Waals surface area contributed by atoms with Gasteiger partial charge in [-0.1, -0.05) is 119 Å². The molecule has 3 aromatic carbocycles. The Hall–Kier alpha value is -3.95. The summed E-state index contributed by atoms with van der Waals surface area (Å²) in [6.07, 6.45) is 7.34. The standard InChI is InChI=1S/C33H34FN3O2.C7H16.2C2H6/c1-4-9-25-27(29-31(20(3)5-2)37-32(39)33(29)13-8-15-36-19-33)17-22(12-14-35)28(30(25)34)26-18-23(38)16-21-10-6-7-11-24(21)26;1-4-7(5-2)6-3;2*1-2/h6-7,10-11,16-18,36,38H,3-5,8-9,12-13,15,19H2,1-2H3,(H,37,39);7H,4-6H2,1-3H3;2*1-2H3. The Bertz CT molecular complexity index is 1650. The number of nitriles is 1. The Morgan fingerprint density at radius 1 is 1.02 bits per heavy atom. The Morgan fingerprint density at radius 3 is 2.22 bits per heavy atom. The van der Waals surface area contributed by atoms with E-state index in [0.717, 1.165) is 40.8 Å². The minimum Gasteiger partial charge on any atom is -0.508 e. The number of allylic oxidation sites excluding steroid dienone is 1. The number of nitrogens with zero attached hydrogens (tertiary/aromatic N) is 1. The summed E-state index contributed by atoms with van der Waals surface area (Å²) in [5.74, 6) is 0.541. The lowest BCUT2D eigenvalue weighted by atomic mass is 9.70. The summed E-state index contributed by atoms with van der Waals surface area (Å²) in [6, 6.07) is 14.9. The van der Waals surface area contributed by atoms with Crippen LogP contribution in [0.4, 0.5) is 4.39 Å². The number of aromatic hydroxyl groups is 1. The third kappa shape index (κ3) is 9.04. The van der Waals surface area contributed by atoms with Gasteiger partial charge in [-0.3, -0.25) is 4.79 Å². The number of fused-ring (bicyclic) bond motifs is 1. The SMILES string of the molecule is C=C(CC)C1=C(c2cc(CC#N)c(-c3cc(O)cc4ccccc34)c(F)c2CCC)C2(CCCNC2)C(=O)N1.CC.CC.CCC(CC)CC. The summed E-state index contributed by atoms with van der Waals surface area (Å²) in [4.78, 5) is 13.6. The number of carbonyl (C=O) groups excluding carboxylic acids is 1.